The second kappa shape index (κ2) is 5.68. The van der Waals surface area contributed by atoms with E-state index in [1.165, 1.54) is 0 Å². The third kappa shape index (κ3) is 3.49. The molecule has 0 heterocycles. The number of amides is 1. The summed E-state index contributed by atoms with van der Waals surface area (Å²) in [5.41, 5.74) is 6.35. The zero-order valence-electron chi connectivity index (χ0n) is 8.24. The van der Waals surface area contributed by atoms with Gasteiger partial charge in [0.2, 0.25) is 5.91 Å². The molecule has 0 aliphatic carbocycles. The molecule has 0 saturated carbocycles. The summed E-state index contributed by atoms with van der Waals surface area (Å²) in [4.78, 5) is 11.5. The summed E-state index contributed by atoms with van der Waals surface area (Å²) in [6.45, 7) is 3.54. The average Bonchev–Trinajstić information content (AvgIpc) is 2.21. The number of carbonyl (C=O) groups excluding carboxylic acids is 1. The molecule has 1 unspecified atom stereocenters. The Morgan fingerprint density at radius 2 is 2.27 bits per heavy atom. The fraction of sp³-hybridized carbons (Fsp3) is 0.182. The highest BCUT2D eigenvalue weighted by atomic mass is 79.9. The van der Waals surface area contributed by atoms with Gasteiger partial charge in [-0.2, -0.15) is 0 Å². The van der Waals surface area contributed by atoms with Gasteiger partial charge >= 0.3 is 0 Å². The number of para-hydroxylation sites is 1. The lowest BCUT2D eigenvalue weighted by Crippen LogP contribution is -2.35. The molecule has 3 nitrogen and oxygen atoms in total. The van der Waals surface area contributed by atoms with Gasteiger partial charge < -0.3 is 11.1 Å². The van der Waals surface area contributed by atoms with Crippen molar-refractivity contribution in [2.24, 2.45) is 5.73 Å². The van der Waals surface area contributed by atoms with Crippen molar-refractivity contribution in [3.05, 3.63) is 41.4 Å². The van der Waals surface area contributed by atoms with Gasteiger partial charge in [0.15, 0.2) is 0 Å². The van der Waals surface area contributed by atoms with E-state index in [9.17, 15) is 4.79 Å². The van der Waals surface area contributed by atoms with E-state index in [2.05, 4.69) is 27.8 Å². The molecule has 1 amide bonds. The van der Waals surface area contributed by atoms with Gasteiger partial charge in [0, 0.05) is 4.47 Å². The molecule has 0 aliphatic heterocycles. The number of nitrogens with one attached hydrogen (secondary N) is 1. The van der Waals surface area contributed by atoms with E-state index in [-0.39, 0.29) is 5.91 Å². The van der Waals surface area contributed by atoms with Gasteiger partial charge in [-0.25, -0.2) is 0 Å². The third-order valence-corrected chi connectivity index (χ3v) is 2.58. The zero-order chi connectivity index (χ0) is 11.3. The highest BCUT2D eigenvalue weighted by Crippen LogP contribution is 2.21. The van der Waals surface area contributed by atoms with Gasteiger partial charge in [-0.05, 0) is 34.5 Å². The summed E-state index contributed by atoms with van der Waals surface area (Å²) < 4.78 is 0.837. The molecular weight excluding hydrogens is 256 g/mol. The predicted molar refractivity (Wildman–Crippen MR) is 65.6 cm³/mol. The second-order valence-corrected chi connectivity index (χ2v) is 3.95. The van der Waals surface area contributed by atoms with Gasteiger partial charge in [-0.15, -0.1) is 6.58 Å². The number of hydrogen-bond acceptors (Lipinski definition) is 2. The molecule has 80 valence electrons. The first kappa shape index (κ1) is 11.9. The molecule has 1 rings (SSSR count). The van der Waals surface area contributed by atoms with E-state index >= 15 is 0 Å². The summed E-state index contributed by atoms with van der Waals surface area (Å²) in [6.07, 6.45) is 2.10. The van der Waals surface area contributed by atoms with Crippen LogP contribution in [0.2, 0.25) is 0 Å². The lowest BCUT2D eigenvalue weighted by molar-refractivity contribution is -0.117. The fourth-order valence-corrected chi connectivity index (χ4v) is 1.46. The normalized spacial score (nSPS) is 11.9. The van der Waals surface area contributed by atoms with Gasteiger partial charge in [0.25, 0.3) is 0 Å². The van der Waals surface area contributed by atoms with E-state index in [4.69, 9.17) is 5.73 Å². The minimum atomic E-state index is -0.547. The van der Waals surface area contributed by atoms with Crippen LogP contribution in [0.4, 0.5) is 5.69 Å². The van der Waals surface area contributed by atoms with Crippen LogP contribution >= 0.6 is 15.9 Å². The molecule has 1 atom stereocenters. The number of benzene rings is 1. The van der Waals surface area contributed by atoms with Crippen molar-refractivity contribution in [3.63, 3.8) is 0 Å². The van der Waals surface area contributed by atoms with Crippen LogP contribution in [0, 0.1) is 0 Å². The van der Waals surface area contributed by atoms with Crippen molar-refractivity contribution >= 4 is 27.5 Å². The smallest absolute Gasteiger partial charge is 0.241 e. The van der Waals surface area contributed by atoms with Gasteiger partial charge in [-0.3, -0.25) is 4.79 Å². The largest absolute Gasteiger partial charge is 0.324 e. The van der Waals surface area contributed by atoms with E-state index in [0.717, 1.165) is 10.2 Å². The van der Waals surface area contributed by atoms with Crippen LogP contribution < -0.4 is 11.1 Å². The van der Waals surface area contributed by atoms with Crippen LogP contribution in [-0.4, -0.2) is 11.9 Å². The summed E-state index contributed by atoms with van der Waals surface area (Å²) >= 11 is 3.34. The van der Waals surface area contributed by atoms with Crippen molar-refractivity contribution in [2.45, 2.75) is 12.5 Å². The maximum absolute atomic E-state index is 11.5. The number of hydrogen-bond donors (Lipinski definition) is 2. The number of anilines is 1. The summed E-state index contributed by atoms with van der Waals surface area (Å²) in [6, 6.07) is 6.84. The first-order chi connectivity index (χ1) is 7.15. The molecular formula is C11H13BrN2O. The second-order valence-electron chi connectivity index (χ2n) is 3.10. The van der Waals surface area contributed by atoms with Crippen LogP contribution in [0.25, 0.3) is 0 Å². The number of nitrogens with two attached hydrogens (primary N) is 1. The average molecular weight is 269 g/mol. The summed E-state index contributed by atoms with van der Waals surface area (Å²) in [5.74, 6) is -0.207. The minimum Gasteiger partial charge on any atom is -0.324 e. The number of carbonyl (C=O) groups is 1. The molecule has 0 radical (unpaired) electrons. The fourth-order valence-electron chi connectivity index (χ4n) is 1.07. The maximum atomic E-state index is 11.5. The Morgan fingerprint density at radius 3 is 2.87 bits per heavy atom. The van der Waals surface area contributed by atoms with Crippen LogP contribution in [0.15, 0.2) is 41.4 Å². The first-order valence-electron chi connectivity index (χ1n) is 4.57. The Hall–Kier alpha value is -1.13. The van der Waals surface area contributed by atoms with E-state index < -0.39 is 6.04 Å². The minimum absolute atomic E-state index is 0.207. The Kier molecular flexibility index (Phi) is 4.52. The third-order valence-electron chi connectivity index (χ3n) is 1.89. The standard InChI is InChI=1S/C11H13BrN2O/c1-2-5-9(13)11(15)14-10-7-4-3-6-8(10)12/h2-4,6-7,9H,1,5,13H2,(H,14,15). The Morgan fingerprint density at radius 1 is 1.60 bits per heavy atom. The quantitative estimate of drug-likeness (QED) is 0.824. The number of rotatable bonds is 4. The van der Waals surface area contributed by atoms with Crippen molar-refractivity contribution < 1.29 is 4.79 Å². The monoisotopic (exact) mass is 268 g/mol. The van der Waals surface area contributed by atoms with E-state index in [1.54, 1.807) is 6.08 Å². The van der Waals surface area contributed by atoms with Crippen molar-refractivity contribution in [2.75, 3.05) is 5.32 Å². The molecule has 3 N–H and O–H groups in total. The first-order valence-corrected chi connectivity index (χ1v) is 5.36. The van der Waals surface area contributed by atoms with Crippen LogP contribution in [0.1, 0.15) is 6.42 Å². The molecule has 15 heavy (non-hydrogen) atoms. The zero-order valence-corrected chi connectivity index (χ0v) is 9.83. The summed E-state index contributed by atoms with van der Waals surface area (Å²) in [7, 11) is 0. The molecule has 0 bridgehead atoms. The van der Waals surface area contributed by atoms with Gasteiger partial charge in [0.1, 0.15) is 0 Å². The lowest BCUT2D eigenvalue weighted by Gasteiger charge is -2.11. The van der Waals surface area contributed by atoms with Gasteiger partial charge in [-0.1, -0.05) is 18.2 Å². The van der Waals surface area contributed by atoms with E-state index in [1.807, 2.05) is 24.3 Å². The SMILES string of the molecule is C=CCC(N)C(=O)Nc1ccccc1Br. The molecule has 0 fully saturated rings. The highest BCUT2D eigenvalue weighted by Gasteiger charge is 2.12. The Labute approximate surface area is 97.5 Å². The molecule has 1 aromatic rings. The van der Waals surface area contributed by atoms with Crippen LogP contribution in [-0.2, 0) is 4.79 Å². The highest BCUT2D eigenvalue weighted by molar-refractivity contribution is 9.10. The molecule has 0 aromatic heterocycles. The van der Waals surface area contributed by atoms with Crippen LogP contribution in [0.3, 0.4) is 0 Å². The van der Waals surface area contributed by atoms with E-state index in [0.29, 0.717) is 6.42 Å². The molecule has 4 heteroatoms. The molecule has 1 aromatic carbocycles. The Balaban J connectivity index is 2.66. The van der Waals surface area contributed by atoms with Crippen molar-refractivity contribution in [3.8, 4) is 0 Å². The van der Waals surface area contributed by atoms with Crippen LogP contribution in [0.5, 0.6) is 0 Å². The Bertz CT molecular complexity index is 365. The predicted octanol–water partition coefficient (Wildman–Crippen LogP) is 2.29. The van der Waals surface area contributed by atoms with Crippen molar-refractivity contribution in [1.29, 1.82) is 0 Å². The molecule has 0 aliphatic rings. The number of halogens is 1. The molecule has 0 spiro atoms. The maximum Gasteiger partial charge on any atom is 0.241 e. The lowest BCUT2D eigenvalue weighted by atomic mass is 10.2. The topological polar surface area (TPSA) is 55.1 Å². The van der Waals surface area contributed by atoms with Crippen molar-refractivity contribution in [1.82, 2.24) is 0 Å². The van der Waals surface area contributed by atoms with Gasteiger partial charge in [0.05, 0.1) is 11.7 Å². The molecule has 0 saturated heterocycles. The summed E-state index contributed by atoms with van der Waals surface area (Å²) in [5, 5.41) is 2.74.